The molecule has 3 aromatic rings. The van der Waals surface area contributed by atoms with Crippen LogP contribution >= 0.6 is 43.2 Å². The average Bonchev–Trinajstić information content (AvgIpc) is 3.20. The monoisotopic (exact) mass is 630 g/mol. The van der Waals surface area contributed by atoms with Gasteiger partial charge in [-0.05, 0) is 43.7 Å². The van der Waals surface area contributed by atoms with E-state index in [0.29, 0.717) is 16.1 Å². The van der Waals surface area contributed by atoms with Gasteiger partial charge in [0, 0.05) is 21.7 Å². The number of halogens is 4. The van der Waals surface area contributed by atoms with Crippen LogP contribution in [-0.4, -0.2) is 25.3 Å². The molecule has 0 bridgehead atoms. The van der Waals surface area contributed by atoms with Crippen LogP contribution in [-0.2, 0) is 16.0 Å². The molecule has 1 aromatic heterocycles. The van der Waals surface area contributed by atoms with Crippen molar-refractivity contribution in [2.24, 2.45) is 0 Å². The summed E-state index contributed by atoms with van der Waals surface area (Å²) in [5, 5.41) is 0.135. The molecule has 2 N–H and O–H groups in total. The van der Waals surface area contributed by atoms with E-state index in [2.05, 4.69) is 31.9 Å². The first kappa shape index (κ1) is 27.1. The minimum atomic E-state index is -0.863. The minimum Gasteiger partial charge on any atom is -0.462 e. The molecule has 0 saturated carbocycles. The summed E-state index contributed by atoms with van der Waals surface area (Å²) in [6.07, 6.45) is -0.863. The van der Waals surface area contributed by atoms with Gasteiger partial charge in [-0.25, -0.2) is 18.4 Å². The lowest BCUT2D eigenvalue weighted by molar-refractivity contribution is 0.0527. The first-order valence-corrected chi connectivity index (χ1v) is 13.2. The minimum absolute atomic E-state index is 0.0202. The highest BCUT2D eigenvalue weighted by Crippen LogP contribution is 2.50. The van der Waals surface area contributed by atoms with Gasteiger partial charge >= 0.3 is 12.1 Å². The molecule has 0 aliphatic rings. The lowest BCUT2D eigenvalue weighted by Gasteiger charge is -2.22. The van der Waals surface area contributed by atoms with Gasteiger partial charge in [0.15, 0.2) is 0 Å². The van der Waals surface area contributed by atoms with Crippen molar-refractivity contribution in [1.29, 1.82) is 0 Å². The van der Waals surface area contributed by atoms with E-state index in [9.17, 15) is 18.4 Å². The average molecular weight is 632 g/mol. The Kier molecular flexibility index (Phi) is 9.26. The molecule has 0 unspecified atom stereocenters. The Morgan fingerprint density at radius 3 is 2.17 bits per heavy atom. The van der Waals surface area contributed by atoms with Crippen LogP contribution in [0.25, 0.3) is 10.4 Å². The highest BCUT2D eigenvalue weighted by Gasteiger charge is 2.34. The zero-order valence-electron chi connectivity index (χ0n) is 18.8. The van der Waals surface area contributed by atoms with Gasteiger partial charge in [0.25, 0.3) is 0 Å². The topological polar surface area (TPSA) is 81.9 Å². The van der Waals surface area contributed by atoms with E-state index < -0.39 is 34.0 Å². The maximum atomic E-state index is 14.5. The number of carbonyl (C=O) groups is 2. The number of benzene rings is 2. The predicted octanol–water partition coefficient (Wildman–Crippen LogP) is 7.40. The van der Waals surface area contributed by atoms with Gasteiger partial charge in [0.2, 0.25) is 0 Å². The van der Waals surface area contributed by atoms with Crippen molar-refractivity contribution in [3.8, 4) is 10.4 Å². The molecule has 35 heavy (non-hydrogen) atoms. The normalized spacial score (nSPS) is 10.9. The molecule has 0 atom stereocenters. The lowest BCUT2D eigenvalue weighted by Crippen LogP contribution is -2.32. The van der Waals surface area contributed by atoms with Gasteiger partial charge in [-0.3, -0.25) is 4.90 Å². The Hall–Kier alpha value is -2.50. The molecule has 1 amide bonds. The van der Waals surface area contributed by atoms with E-state index in [1.54, 1.807) is 38.1 Å². The number of nitrogens with zero attached hydrogens (tertiary/aromatic N) is 1. The molecule has 11 heteroatoms. The second-order valence-electron chi connectivity index (χ2n) is 7.15. The Balaban J connectivity index is 2.29. The quantitative estimate of drug-likeness (QED) is 0.159. The molecule has 0 aliphatic carbocycles. The summed E-state index contributed by atoms with van der Waals surface area (Å²) >= 11 is 8.04. The van der Waals surface area contributed by atoms with Crippen LogP contribution in [0.4, 0.5) is 24.3 Å². The van der Waals surface area contributed by atoms with E-state index in [1.165, 1.54) is 6.07 Å². The summed E-state index contributed by atoms with van der Waals surface area (Å²) in [5.41, 5.74) is 7.34. The Morgan fingerprint density at radius 2 is 1.63 bits per heavy atom. The van der Waals surface area contributed by atoms with Gasteiger partial charge in [-0.1, -0.05) is 50.1 Å². The zero-order chi connectivity index (χ0) is 25.7. The fourth-order valence-corrected chi connectivity index (χ4v) is 5.88. The van der Waals surface area contributed by atoms with Crippen molar-refractivity contribution in [2.45, 2.75) is 24.1 Å². The Bertz CT molecular complexity index is 1200. The van der Waals surface area contributed by atoms with Crippen molar-refractivity contribution in [3.05, 3.63) is 70.8 Å². The largest absolute Gasteiger partial charge is 0.462 e. The molecule has 0 radical (unpaired) electrons. The summed E-state index contributed by atoms with van der Waals surface area (Å²) in [6.45, 7) is 2.87. The van der Waals surface area contributed by atoms with E-state index in [0.717, 1.165) is 33.9 Å². The van der Waals surface area contributed by atoms with E-state index in [1.807, 2.05) is 0 Å². The van der Waals surface area contributed by atoms with Crippen molar-refractivity contribution < 1.29 is 27.8 Å². The first-order chi connectivity index (χ1) is 16.7. The number of rotatable bonds is 8. The molecular weight excluding hydrogens is 610 g/mol. The predicted molar refractivity (Wildman–Crippen MR) is 140 cm³/mol. The third kappa shape index (κ3) is 6.02. The highest BCUT2D eigenvalue weighted by atomic mass is 79.9. The van der Waals surface area contributed by atoms with Gasteiger partial charge in [-0.15, -0.1) is 11.3 Å². The van der Waals surface area contributed by atoms with Crippen LogP contribution in [0.15, 0.2) is 42.5 Å². The van der Waals surface area contributed by atoms with E-state index in [4.69, 9.17) is 15.2 Å². The molecule has 186 valence electrons. The number of amides is 1. The maximum Gasteiger partial charge on any atom is 0.415 e. The molecule has 0 saturated heterocycles. The maximum absolute atomic E-state index is 14.5. The van der Waals surface area contributed by atoms with Gasteiger partial charge < -0.3 is 15.2 Å². The highest BCUT2D eigenvalue weighted by molar-refractivity contribution is 9.24. The van der Waals surface area contributed by atoms with Gasteiger partial charge in [0.1, 0.15) is 22.2 Å². The summed E-state index contributed by atoms with van der Waals surface area (Å²) in [6, 6.07) is 10.4. The number of nitrogen functional groups attached to an aromatic ring is 1. The van der Waals surface area contributed by atoms with Crippen LogP contribution in [0.2, 0.25) is 0 Å². The van der Waals surface area contributed by atoms with Crippen molar-refractivity contribution in [1.82, 2.24) is 0 Å². The lowest BCUT2D eigenvalue weighted by atomic mass is 10.1. The standard InChI is InChI=1S/C24H22Br2F2N2O4S/c1-3-33-23(31)19-18(21(25)26)20(13-8-10-14(29)11-9-13)35-22(19)30(24(32)34-4-2)12-15-16(27)6-5-7-17(15)28/h5-11,21H,3-4,12,29H2,1-2H3. The van der Waals surface area contributed by atoms with Crippen LogP contribution in [0.5, 0.6) is 0 Å². The molecular formula is C24H22Br2F2N2O4S. The third-order valence-electron chi connectivity index (χ3n) is 4.91. The van der Waals surface area contributed by atoms with Crippen LogP contribution in [0, 0.1) is 11.6 Å². The Morgan fingerprint density at radius 1 is 1.03 bits per heavy atom. The van der Waals surface area contributed by atoms with Crippen LogP contribution in [0.1, 0.15) is 39.1 Å². The molecule has 1 heterocycles. The number of nitrogens with two attached hydrogens (primary N) is 1. The zero-order valence-corrected chi connectivity index (χ0v) is 22.8. The molecule has 6 nitrogen and oxygen atoms in total. The summed E-state index contributed by atoms with van der Waals surface area (Å²) in [5.74, 6) is -2.35. The number of anilines is 2. The molecule has 2 aromatic carbocycles. The smallest absolute Gasteiger partial charge is 0.415 e. The summed E-state index contributed by atoms with van der Waals surface area (Å²) in [7, 11) is 0. The first-order valence-electron chi connectivity index (χ1n) is 10.5. The fourth-order valence-electron chi connectivity index (χ4n) is 3.34. The van der Waals surface area contributed by atoms with Crippen LogP contribution in [0.3, 0.4) is 0 Å². The molecule has 0 spiro atoms. The number of thiophene rings is 1. The number of ether oxygens (including phenoxy) is 2. The SMILES string of the molecule is CCOC(=O)c1c(N(Cc2c(F)cccc2F)C(=O)OCC)sc(-c2ccc(N)cc2)c1C(Br)Br. The number of hydrogen-bond acceptors (Lipinski definition) is 6. The molecule has 3 rings (SSSR count). The van der Waals surface area contributed by atoms with Crippen molar-refractivity contribution in [2.75, 3.05) is 23.8 Å². The fraction of sp³-hybridized carbons (Fsp3) is 0.250. The number of esters is 1. The summed E-state index contributed by atoms with van der Waals surface area (Å²) < 4.78 is 39.0. The summed E-state index contributed by atoms with van der Waals surface area (Å²) in [4.78, 5) is 27.9. The Labute approximate surface area is 222 Å². The number of carbonyl (C=O) groups excluding carboxylic acids is 2. The van der Waals surface area contributed by atoms with Crippen LogP contribution < -0.4 is 10.6 Å². The second kappa shape index (κ2) is 12.0. The van der Waals surface area contributed by atoms with Crippen molar-refractivity contribution in [3.63, 3.8) is 0 Å². The van der Waals surface area contributed by atoms with E-state index in [-0.39, 0.29) is 29.3 Å². The number of hydrogen-bond donors (Lipinski definition) is 1. The third-order valence-corrected chi connectivity index (χ3v) is 7.10. The second-order valence-corrected chi connectivity index (χ2v) is 11.2. The van der Waals surface area contributed by atoms with Crippen molar-refractivity contribution >= 4 is 65.9 Å². The van der Waals surface area contributed by atoms with Gasteiger partial charge in [0.05, 0.1) is 23.5 Å². The van der Waals surface area contributed by atoms with Gasteiger partial charge in [-0.2, -0.15) is 0 Å². The number of alkyl halides is 2. The molecule has 0 fully saturated rings. The molecule has 0 aliphatic heterocycles. The van der Waals surface area contributed by atoms with E-state index >= 15 is 0 Å².